The number of nitrogens with one attached hydrogen (secondary N) is 1. The number of hydrogen-bond donors (Lipinski definition) is 2. The summed E-state index contributed by atoms with van der Waals surface area (Å²) in [7, 11) is 0. The lowest BCUT2D eigenvalue weighted by molar-refractivity contribution is 0.161. The van der Waals surface area contributed by atoms with Crippen molar-refractivity contribution in [2.75, 3.05) is 31.8 Å². The molecule has 1 heterocycles. The molecule has 112 valence electrons. The largest absolute Gasteiger partial charge is 0.486 e. The maximum absolute atomic E-state index is 10.3. The van der Waals surface area contributed by atoms with Gasteiger partial charge in [0.1, 0.15) is 13.2 Å². The lowest BCUT2D eigenvalue weighted by atomic mass is 10.1. The minimum atomic E-state index is -0.526. The Morgan fingerprint density at radius 1 is 1.30 bits per heavy atom. The highest BCUT2D eigenvalue weighted by atomic mass is 32.2. The van der Waals surface area contributed by atoms with Gasteiger partial charge in [-0.1, -0.05) is 13.0 Å². The van der Waals surface area contributed by atoms with Gasteiger partial charge in [0.15, 0.2) is 11.5 Å². The number of aliphatic hydroxyl groups excluding tert-OH is 1. The fraction of sp³-hybridized carbons (Fsp3) is 0.600. The van der Waals surface area contributed by atoms with Gasteiger partial charge in [0.05, 0.1) is 6.10 Å². The van der Waals surface area contributed by atoms with Gasteiger partial charge in [-0.05, 0) is 30.4 Å². The first kappa shape index (κ1) is 15.5. The smallest absolute Gasteiger partial charge is 0.161 e. The van der Waals surface area contributed by atoms with Crippen LogP contribution in [0.4, 0.5) is 0 Å². The Balaban J connectivity index is 1.93. The minimum absolute atomic E-state index is 0.442. The molecule has 1 aliphatic rings. The predicted molar refractivity (Wildman–Crippen MR) is 82.9 cm³/mol. The molecule has 20 heavy (non-hydrogen) atoms. The second kappa shape index (κ2) is 7.76. The van der Waals surface area contributed by atoms with Gasteiger partial charge in [-0.2, -0.15) is 11.8 Å². The van der Waals surface area contributed by atoms with E-state index in [4.69, 9.17) is 9.47 Å². The molecule has 2 rings (SSSR count). The van der Waals surface area contributed by atoms with Crippen LogP contribution in [0.15, 0.2) is 18.2 Å². The first-order valence-electron chi connectivity index (χ1n) is 7.04. The van der Waals surface area contributed by atoms with E-state index in [1.807, 2.05) is 30.0 Å². The molecule has 0 aromatic heterocycles. The third-order valence-electron chi connectivity index (χ3n) is 3.41. The van der Waals surface area contributed by atoms with E-state index < -0.39 is 6.10 Å². The predicted octanol–water partition coefficient (Wildman–Crippen LogP) is 2.22. The molecule has 0 amide bonds. The average molecular weight is 297 g/mol. The van der Waals surface area contributed by atoms with Crippen molar-refractivity contribution in [3.8, 4) is 11.5 Å². The number of aliphatic hydroxyl groups is 1. The molecule has 0 aliphatic carbocycles. The van der Waals surface area contributed by atoms with Gasteiger partial charge in [0.25, 0.3) is 0 Å². The molecule has 0 radical (unpaired) electrons. The first-order chi connectivity index (χ1) is 9.74. The molecule has 2 atom stereocenters. The van der Waals surface area contributed by atoms with Crippen LogP contribution in [0.2, 0.25) is 0 Å². The van der Waals surface area contributed by atoms with E-state index in [1.54, 1.807) is 0 Å². The highest BCUT2D eigenvalue weighted by molar-refractivity contribution is 7.98. The zero-order chi connectivity index (χ0) is 14.4. The second-order valence-electron chi connectivity index (χ2n) is 4.89. The zero-order valence-corrected chi connectivity index (χ0v) is 12.9. The van der Waals surface area contributed by atoms with Gasteiger partial charge in [-0.3, -0.25) is 0 Å². The van der Waals surface area contributed by atoms with Crippen LogP contribution in [0.1, 0.15) is 25.0 Å². The van der Waals surface area contributed by atoms with Crippen LogP contribution in [0.25, 0.3) is 0 Å². The van der Waals surface area contributed by atoms with Crippen molar-refractivity contribution in [2.45, 2.75) is 25.5 Å². The number of hydrogen-bond acceptors (Lipinski definition) is 5. The fourth-order valence-corrected chi connectivity index (χ4v) is 2.94. The third-order valence-corrected chi connectivity index (χ3v) is 4.15. The van der Waals surface area contributed by atoms with E-state index in [-0.39, 0.29) is 0 Å². The molecule has 1 aromatic carbocycles. The third kappa shape index (κ3) is 4.04. The van der Waals surface area contributed by atoms with E-state index in [9.17, 15) is 5.11 Å². The zero-order valence-electron chi connectivity index (χ0n) is 12.1. The van der Waals surface area contributed by atoms with E-state index in [2.05, 4.69) is 18.5 Å². The summed E-state index contributed by atoms with van der Waals surface area (Å²) in [5.74, 6) is 2.54. The molecule has 0 saturated carbocycles. The standard InChI is InChI=1S/C15H23NO3S/c1-3-12(10-20-2)16-9-13(17)11-4-5-14-15(8-11)19-7-6-18-14/h4-5,8,12-13,16-17H,3,6-7,9-10H2,1-2H3. The van der Waals surface area contributed by atoms with Crippen molar-refractivity contribution in [3.63, 3.8) is 0 Å². The van der Waals surface area contributed by atoms with Crippen LogP contribution in [-0.2, 0) is 0 Å². The van der Waals surface area contributed by atoms with Crippen molar-refractivity contribution in [1.29, 1.82) is 0 Å². The summed E-state index contributed by atoms with van der Waals surface area (Å²) >= 11 is 1.82. The first-order valence-corrected chi connectivity index (χ1v) is 8.44. The Labute approximate surface area is 124 Å². The molecule has 2 unspecified atom stereocenters. The lowest BCUT2D eigenvalue weighted by Crippen LogP contribution is -2.34. The van der Waals surface area contributed by atoms with Crippen LogP contribution in [-0.4, -0.2) is 42.9 Å². The van der Waals surface area contributed by atoms with Crippen LogP contribution >= 0.6 is 11.8 Å². The van der Waals surface area contributed by atoms with Crippen LogP contribution < -0.4 is 14.8 Å². The fourth-order valence-electron chi connectivity index (χ4n) is 2.19. The summed E-state index contributed by atoms with van der Waals surface area (Å²) in [4.78, 5) is 0. The summed E-state index contributed by atoms with van der Waals surface area (Å²) in [6, 6.07) is 6.08. The van der Waals surface area contributed by atoms with Gasteiger partial charge in [-0.15, -0.1) is 0 Å². The molecule has 0 bridgehead atoms. The van der Waals surface area contributed by atoms with Gasteiger partial charge >= 0.3 is 0 Å². The molecule has 1 aromatic rings. The van der Waals surface area contributed by atoms with Gasteiger partial charge in [-0.25, -0.2) is 0 Å². The summed E-state index contributed by atoms with van der Waals surface area (Å²) < 4.78 is 11.0. The van der Waals surface area contributed by atoms with E-state index >= 15 is 0 Å². The van der Waals surface area contributed by atoms with Crippen molar-refractivity contribution in [3.05, 3.63) is 23.8 Å². The molecule has 0 saturated heterocycles. The highest BCUT2D eigenvalue weighted by Gasteiger charge is 2.16. The molecule has 5 heteroatoms. The average Bonchev–Trinajstić information content (AvgIpc) is 2.50. The summed E-state index contributed by atoms with van der Waals surface area (Å²) in [6.45, 7) is 3.86. The number of ether oxygens (including phenoxy) is 2. The van der Waals surface area contributed by atoms with Gasteiger partial charge in [0, 0.05) is 18.3 Å². The van der Waals surface area contributed by atoms with Crippen LogP contribution in [0, 0.1) is 0 Å². The monoisotopic (exact) mass is 297 g/mol. The van der Waals surface area contributed by atoms with Crippen molar-refractivity contribution in [1.82, 2.24) is 5.32 Å². The van der Waals surface area contributed by atoms with Crippen LogP contribution in [0.5, 0.6) is 11.5 Å². The molecule has 4 nitrogen and oxygen atoms in total. The maximum Gasteiger partial charge on any atom is 0.161 e. The number of rotatable bonds is 7. The molecule has 2 N–H and O–H groups in total. The molecule has 0 spiro atoms. The quantitative estimate of drug-likeness (QED) is 0.808. The molecular formula is C15H23NO3S. The van der Waals surface area contributed by atoms with Crippen LogP contribution in [0.3, 0.4) is 0 Å². The second-order valence-corrected chi connectivity index (χ2v) is 5.80. The topological polar surface area (TPSA) is 50.7 Å². The Bertz CT molecular complexity index is 428. The number of benzene rings is 1. The lowest BCUT2D eigenvalue weighted by Gasteiger charge is -2.22. The normalized spacial score (nSPS) is 16.8. The van der Waals surface area contributed by atoms with Crippen molar-refractivity contribution in [2.24, 2.45) is 0 Å². The van der Waals surface area contributed by atoms with E-state index in [0.717, 1.165) is 29.2 Å². The Morgan fingerprint density at radius 2 is 2.05 bits per heavy atom. The van der Waals surface area contributed by atoms with Gasteiger partial charge in [0.2, 0.25) is 0 Å². The minimum Gasteiger partial charge on any atom is -0.486 e. The van der Waals surface area contributed by atoms with Gasteiger partial charge < -0.3 is 19.9 Å². The Kier molecular flexibility index (Phi) is 6.01. The maximum atomic E-state index is 10.3. The van der Waals surface area contributed by atoms with Crippen molar-refractivity contribution >= 4 is 11.8 Å². The van der Waals surface area contributed by atoms with E-state index in [1.165, 1.54) is 0 Å². The number of thioether (sulfide) groups is 1. The SMILES string of the molecule is CCC(CSC)NCC(O)c1ccc2c(c1)OCCO2. The van der Waals surface area contributed by atoms with Crippen molar-refractivity contribution < 1.29 is 14.6 Å². The molecule has 0 fully saturated rings. The molecular weight excluding hydrogens is 274 g/mol. The summed E-state index contributed by atoms with van der Waals surface area (Å²) in [5, 5.41) is 13.7. The van der Waals surface area contributed by atoms with E-state index in [0.29, 0.717) is 25.8 Å². The number of fused-ring (bicyclic) bond motifs is 1. The molecule has 1 aliphatic heterocycles. The Morgan fingerprint density at radius 3 is 2.75 bits per heavy atom. The highest BCUT2D eigenvalue weighted by Crippen LogP contribution is 2.32. The Hall–Kier alpha value is -0.910. The summed E-state index contributed by atoms with van der Waals surface area (Å²) in [6.07, 6.45) is 2.64. The summed E-state index contributed by atoms with van der Waals surface area (Å²) in [5.41, 5.74) is 0.862.